The molecule has 1 fully saturated rings. The largest absolute Gasteiger partial charge is 0.492 e. The molecule has 1 aromatic rings. The van der Waals surface area contributed by atoms with Crippen molar-refractivity contribution in [2.24, 2.45) is 0 Å². The summed E-state index contributed by atoms with van der Waals surface area (Å²) in [7, 11) is -0.563. The fourth-order valence-electron chi connectivity index (χ4n) is 2.33. The fourth-order valence-corrected chi connectivity index (χ4v) is 2.33. The molecule has 1 aliphatic heterocycles. The Morgan fingerprint density at radius 2 is 1.73 bits per heavy atom. The highest BCUT2D eigenvalue weighted by atomic mass is 16.7. The van der Waals surface area contributed by atoms with E-state index < -0.39 is 18.3 Å². The fraction of sp³-hybridized carbons (Fsp3) is 0.529. The van der Waals surface area contributed by atoms with Gasteiger partial charge in [-0.15, -0.1) is 0 Å². The minimum atomic E-state index is -0.563. The van der Waals surface area contributed by atoms with Crippen molar-refractivity contribution in [2.75, 3.05) is 6.61 Å². The maximum Gasteiger partial charge on any atom is 0.492 e. The molecular weight excluding hydrogens is 279 g/mol. The molecule has 0 bridgehead atoms. The van der Waals surface area contributed by atoms with Crippen molar-refractivity contribution >= 4 is 13.2 Å². The monoisotopic (exact) mass is 304 g/mol. The van der Waals surface area contributed by atoms with E-state index in [1.165, 1.54) is 0 Å². The first-order chi connectivity index (χ1) is 10.2. The minimum absolute atomic E-state index is 0.00787. The Hall–Kier alpha value is -1.14. The number of rotatable bonds is 4. The van der Waals surface area contributed by atoms with Crippen LogP contribution in [0.4, 0.5) is 0 Å². The third-order valence-electron chi connectivity index (χ3n) is 4.61. The van der Waals surface area contributed by atoms with Crippen LogP contribution in [0.5, 0.6) is 0 Å². The van der Waals surface area contributed by atoms with Gasteiger partial charge in [-0.1, -0.05) is 18.2 Å². The van der Waals surface area contributed by atoms with Crippen LogP contribution in [0, 0.1) is 6.92 Å². The summed E-state index contributed by atoms with van der Waals surface area (Å²) >= 11 is 0. The molecule has 2 N–H and O–H groups in total. The summed E-state index contributed by atoms with van der Waals surface area (Å²) in [5.74, 6) is 0. The van der Waals surface area contributed by atoms with Gasteiger partial charge in [-0.2, -0.15) is 0 Å². The predicted molar refractivity (Wildman–Crippen MR) is 88.2 cm³/mol. The maximum absolute atomic E-state index is 9.73. The van der Waals surface area contributed by atoms with Gasteiger partial charge in [0.05, 0.1) is 24.4 Å². The summed E-state index contributed by atoms with van der Waals surface area (Å²) in [4.78, 5) is 0. The molecule has 2 rings (SSSR count). The molecule has 0 atom stereocenters. The van der Waals surface area contributed by atoms with Gasteiger partial charge in [0.2, 0.25) is 0 Å². The van der Waals surface area contributed by atoms with Crippen molar-refractivity contribution in [1.82, 2.24) is 0 Å². The third-order valence-corrected chi connectivity index (χ3v) is 4.61. The molecule has 0 radical (unpaired) electrons. The molecule has 22 heavy (non-hydrogen) atoms. The van der Waals surface area contributed by atoms with E-state index in [1.54, 1.807) is 0 Å². The van der Waals surface area contributed by atoms with E-state index in [1.807, 2.05) is 58.9 Å². The molecule has 4 nitrogen and oxygen atoms in total. The molecule has 1 saturated heterocycles. The number of aliphatic hydroxyl groups excluding tert-OH is 2. The van der Waals surface area contributed by atoms with Crippen molar-refractivity contribution < 1.29 is 19.5 Å². The molecule has 0 saturated carbocycles. The molecule has 1 aromatic carbocycles. The highest BCUT2D eigenvalue weighted by molar-refractivity contribution is 6.55. The molecular formula is C17H25BO4. The van der Waals surface area contributed by atoms with Crippen LogP contribution in [0.15, 0.2) is 23.7 Å². The molecule has 0 unspecified atom stereocenters. The van der Waals surface area contributed by atoms with Crippen molar-refractivity contribution in [1.29, 1.82) is 0 Å². The quantitative estimate of drug-likeness (QED) is 0.839. The lowest BCUT2D eigenvalue weighted by Crippen LogP contribution is -2.41. The van der Waals surface area contributed by atoms with Gasteiger partial charge in [0.1, 0.15) is 0 Å². The van der Waals surface area contributed by atoms with Crippen LogP contribution in [0.25, 0.3) is 6.08 Å². The van der Waals surface area contributed by atoms with Crippen molar-refractivity contribution in [2.45, 2.75) is 52.4 Å². The first-order valence-electron chi connectivity index (χ1n) is 7.57. The highest BCUT2D eigenvalue weighted by Crippen LogP contribution is 2.38. The summed E-state index contributed by atoms with van der Waals surface area (Å²) in [6.45, 7) is 9.79. The normalized spacial score (nSPS) is 20.5. The van der Waals surface area contributed by atoms with Gasteiger partial charge in [-0.25, -0.2) is 0 Å². The Bertz CT molecular complexity index is 562. The maximum atomic E-state index is 9.73. The first kappa shape index (κ1) is 17.2. The van der Waals surface area contributed by atoms with Gasteiger partial charge < -0.3 is 19.5 Å². The predicted octanol–water partition coefficient (Wildman–Crippen LogP) is 2.49. The van der Waals surface area contributed by atoms with Crippen molar-refractivity contribution in [3.8, 4) is 0 Å². The zero-order valence-corrected chi connectivity index (χ0v) is 14.0. The average Bonchev–Trinajstić information content (AvgIpc) is 2.66. The summed E-state index contributed by atoms with van der Waals surface area (Å²) in [5, 5.41) is 19.0. The Morgan fingerprint density at radius 1 is 1.14 bits per heavy atom. The van der Waals surface area contributed by atoms with E-state index in [0.717, 1.165) is 16.7 Å². The lowest BCUT2D eigenvalue weighted by molar-refractivity contribution is 0.00578. The van der Waals surface area contributed by atoms with Crippen LogP contribution < -0.4 is 0 Å². The topological polar surface area (TPSA) is 58.9 Å². The van der Waals surface area contributed by atoms with E-state index in [2.05, 4.69) is 0 Å². The number of hydrogen-bond donors (Lipinski definition) is 2. The molecule has 1 aliphatic rings. The van der Waals surface area contributed by atoms with Gasteiger partial charge >= 0.3 is 7.12 Å². The van der Waals surface area contributed by atoms with Gasteiger partial charge in [0.25, 0.3) is 0 Å². The van der Waals surface area contributed by atoms with E-state index in [9.17, 15) is 10.2 Å². The Morgan fingerprint density at radius 3 is 2.23 bits per heavy atom. The lowest BCUT2D eigenvalue weighted by atomic mass is 9.77. The molecule has 120 valence electrons. The third kappa shape index (κ3) is 3.28. The molecule has 0 spiro atoms. The Labute approximate surface area is 132 Å². The number of benzene rings is 1. The lowest BCUT2D eigenvalue weighted by Gasteiger charge is -2.32. The highest BCUT2D eigenvalue weighted by Gasteiger charge is 2.52. The van der Waals surface area contributed by atoms with Gasteiger partial charge in [0, 0.05) is 0 Å². The van der Waals surface area contributed by atoms with Gasteiger partial charge in [-0.05, 0) is 62.8 Å². The zero-order chi connectivity index (χ0) is 16.5. The van der Waals surface area contributed by atoms with Crippen LogP contribution in [0.3, 0.4) is 0 Å². The SMILES string of the molecule is Cc1ccc(CO)cc1C=C(CO)B1OC(C)(C)C(C)(C)O1. The first-order valence-corrected chi connectivity index (χ1v) is 7.57. The summed E-state index contributed by atoms with van der Waals surface area (Å²) < 4.78 is 12.0. The van der Waals surface area contributed by atoms with Crippen molar-refractivity contribution in [3.63, 3.8) is 0 Å². The summed E-state index contributed by atoms with van der Waals surface area (Å²) in [6.07, 6.45) is 1.89. The number of hydrogen-bond acceptors (Lipinski definition) is 4. The average molecular weight is 304 g/mol. The van der Waals surface area contributed by atoms with E-state index in [-0.39, 0.29) is 13.2 Å². The summed E-state index contributed by atoms with van der Waals surface area (Å²) in [6, 6.07) is 5.76. The second-order valence-electron chi connectivity index (χ2n) is 6.81. The second-order valence-corrected chi connectivity index (χ2v) is 6.81. The van der Waals surface area contributed by atoms with Crippen LogP contribution in [-0.4, -0.2) is 35.1 Å². The summed E-state index contributed by atoms with van der Waals surface area (Å²) in [5.41, 5.74) is 2.66. The van der Waals surface area contributed by atoms with E-state index in [0.29, 0.717) is 5.47 Å². The van der Waals surface area contributed by atoms with Gasteiger partial charge in [0.15, 0.2) is 0 Å². The van der Waals surface area contributed by atoms with E-state index >= 15 is 0 Å². The molecule has 0 amide bonds. The Balaban J connectivity index is 2.33. The molecule has 1 heterocycles. The van der Waals surface area contributed by atoms with Crippen molar-refractivity contribution in [3.05, 3.63) is 40.4 Å². The molecule has 5 heteroatoms. The second kappa shape index (κ2) is 6.16. The standard InChI is InChI=1S/C17H25BO4/c1-12-6-7-13(10-19)8-14(12)9-15(11-20)18-21-16(2,3)17(4,5)22-18/h6-9,19-20H,10-11H2,1-5H3. The minimum Gasteiger partial charge on any atom is -0.400 e. The zero-order valence-electron chi connectivity index (χ0n) is 14.0. The Kier molecular flexibility index (Phi) is 4.83. The molecule has 0 aromatic heterocycles. The number of aryl methyl sites for hydroxylation is 1. The molecule has 0 aliphatic carbocycles. The van der Waals surface area contributed by atoms with Crippen LogP contribution in [0.2, 0.25) is 0 Å². The van der Waals surface area contributed by atoms with Crippen LogP contribution in [-0.2, 0) is 15.9 Å². The van der Waals surface area contributed by atoms with Crippen LogP contribution in [0.1, 0.15) is 44.4 Å². The number of aliphatic hydroxyl groups is 2. The van der Waals surface area contributed by atoms with Crippen LogP contribution >= 0.6 is 0 Å². The smallest absolute Gasteiger partial charge is 0.400 e. The van der Waals surface area contributed by atoms with Gasteiger partial charge in [-0.3, -0.25) is 0 Å². The van der Waals surface area contributed by atoms with E-state index in [4.69, 9.17) is 9.31 Å².